The van der Waals surface area contributed by atoms with Crippen molar-refractivity contribution in [1.29, 1.82) is 0 Å². The van der Waals surface area contributed by atoms with Crippen LogP contribution in [0.2, 0.25) is 5.15 Å². The first kappa shape index (κ1) is 12.0. The molecule has 0 unspecified atom stereocenters. The van der Waals surface area contributed by atoms with Gasteiger partial charge < -0.3 is 11.2 Å². The molecular weight excluding hydrogens is 243 g/mol. The van der Waals surface area contributed by atoms with Crippen LogP contribution in [0.5, 0.6) is 0 Å². The van der Waals surface area contributed by atoms with E-state index in [1.54, 1.807) is 13.0 Å². The van der Waals surface area contributed by atoms with E-state index in [1.807, 2.05) is 0 Å². The van der Waals surface area contributed by atoms with Crippen LogP contribution in [0.15, 0.2) is 18.2 Å². The maximum Gasteiger partial charge on any atom is 0.149 e. The predicted molar refractivity (Wildman–Crippen MR) is 67.1 cm³/mol. The molecule has 2 aromatic rings. The van der Waals surface area contributed by atoms with Crippen molar-refractivity contribution in [2.75, 3.05) is 5.43 Å². The second-order valence-corrected chi connectivity index (χ2v) is 4.20. The molecular formula is C11H12ClFN4. The van der Waals surface area contributed by atoms with Gasteiger partial charge in [0.05, 0.1) is 0 Å². The number of nitrogen functional groups attached to an aromatic ring is 1. The molecule has 1 atom stereocenters. The molecule has 0 bridgehead atoms. The van der Waals surface area contributed by atoms with E-state index in [9.17, 15) is 4.39 Å². The minimum absolute atomic E-state index is 0.277. The maximum atomic E-state index is 13.5. The highest BCUT2D eigenvalue weighted by Crippen LogP contribution is 2.30. The SMILES string of the molecule is C[C@@H](N)c1cc(F)cc2c(NN)nc(Cl)cc12. The van der Waals surface area contributed by atoms with Crippen molar-refractivity contribution < 1.29 is 4.39 Å². The summed E-state index contributed by atoms with van der Waals surface area (Å²) in [6.45, 7) is 1.78. The molecule has 0 amide bonds. The molecule has 0 aliphatic rings. The zero-order chi connectivity index (χ0) is 12.6. The minimum atomic E-state index is -0.384. The maximum absolute atomic E-state index is 13.5. The van der Waals surface area contributed by atoms with Gasteiger partial charge in [0.15, 0.2) is 0 Å². The van der Waals surface area contributed by atoms with Crippen molar-refractivity contribution >= 4 is 28.2 Å². The van der Waals surface area contributed by atoms with Crippen LogP contribution >= 0.6 is 11.6 Å². The summed E-state index contributed by atoms with van der Waals surface area (Å²) < 4.78 is 13.5. The van der Waals surface area contributed by atoms with Crippen molar-refractivity contribution in [3.63, 3.8) is 0 Å². The Labute approximate surface area is 103 Å². The van der Waals surface area contributed by atoms with Gasteiger partial charge in [-0.3, -0.25) is 0 Å². The van der Waals surface area contributed by atoms with Gasteiger partial charge in [-0.1, -0.05) is 11.6 Å². The van der Waals surface area contributed by atoms with Gasteiger partial charge in [-0.05, 0) is 36.1 Å². The fraction of sp³-hybridized carbons (Fsp3) is 0.182. The second-order valence-electron chi connectivity index (χ2n) is 3.82. The van der Waals surface area contributed by atoms with Crippen molar-refractivity contribution in [3.8, 4) is 0 Å². The monoisotopic (exact) mass is 254 g/mol. The summed E-state index contributed by atoms with van der Waals surface area (Å²) in [5.41, 5.74) is 8.88. The zero-order valence-corrected chi connectivity index (χ0v) is 9.92. The van der Waals surface area contributed by atoms with Crippen LogP contribution in [-0.2, 0) is 0 Å². The minimum Gasteiger partial charge on any atom is -0.324 e. The highest BCUT2D eigenvalue weighted by molar-refractivity contribution is 6.30. The van der Waals surface area contributed by atoms with Crippen molar-refractivity contribution in [3.05, 3.63) is 34.7 Å². The van der Waals surface area contributed by atoms with Crippen LogP contribution in [-0.4, -0.2) is 4.98 Å². The number of nitrogens with two attached hydrogens (primary N) is 2. The molecule has 0 aliphatic heterocycles. The summed E-state index contributed by atoms with van der Waals surface area (Å²) in [5.74, 6) is 5.28. The lowest BCUT2D eigenvalue weighted by Crippen LogP contribution is -2.11. The van der Waals surface area contributed by atoms with E-state index in [4.69, 9.17) is 23.2 Å². The quantitative estimate of drug-likeness (QED) is 0.437. The van der Waals surface area contributed by atoms with E-state index in [2.05, 4.69) is 10.4 Å². The smallest absolute Gasteiger partial charge is 0.149 e. The number of hydrazine groups is 1. The Morgan fingerprint density at radius 1 is 1.35 bits per heavy atom. The molecule has 1 aromatic carbocycles. The summed E-state index contributed by atoms with van der Waals surface area (Å²) >= 11 is 5.88. The molecule has 0 aliphatic carbocycles. The Balaban J connectivity index is 2.88. The number of halogens is 2. The number of rotatable bonds is 2. The van der Waals surface area contributed by atoms with Gasteiger partial charge >= 0.3 is 0 Å². The molecule has 0 saturated heterocycles. The first-order chi connectivity index (χ1) is 8.02. The van der Waals surface area contributed by atoms with Crippen LogP contribution in [0.1, 0.15) is 18.5 Å². The van der Waals surface area contributed by atoms with E-state index < -0.39 is 0 Å². The Bertz CT molecular complexity index is 571. The van der Waals surface area contributed by atoms with Crippen molar-refractivity contribution in [2.24, 2.45) is 11.6 Å². The highest BCUT2D eigenvalue weighted by atomic mass is 35.5. The first-order valence-corrected chi connectivity index (χ1v) is 5.42. The number of anilines is 1. The molecule has 0 spiro atoms. The third-order valence-electron chi connectivity index (χ3n) is 2.54. The van der Waals surface area contributed by atoms with Gasteiger partial charge in [-0.25, -0.2) is 15.2 Å². The molecule has 0 radical (unpaired) electrons. The molecule has 17 heavy (non-hydrogen) atoms. The number of hydrogen-bond acceptors (Lipinski definition) is 4. The van der Waals surface area contributed by atoms with E-state index in [0.29, 0.717) is 16.8 Å². The lowest BCUT2D eigenvalue weighted by Gasteiger charge is -2.13. The molecule has 6 heteroatoms. The Morgan fingerprint density at radius 3 is 2.65 bits per heavy atom. The Morgan fingerprint density at radius 2 is 2.06 bits per heavy atom. The number of nitrogens with one attached hydrogen (secondary N) is 1. The van der Waals surface area contributed by atoms with Gasteiger partial charge in [-0.2, -0.15) is 0 Å². The molecule has 90 valence electrons. The molecule has 1 aromatic heterocycles. The lowest BCUT2D eigenvalue weighted by atomic mass is 10.0. The van der Waals surface area contributed by atoms with Crippen LogP contribution in [0.25, 0.3) is 10.8 Å². The van der Waals surface area contributed by atoms with Crippen LogP contribution in [0, 0.1) is 5.82 Å². The fourth-order valence-electron chi connectivity index (χ4n) is 1.80. The van der Waals surface area contributed by atoms with Gasteiger partial charge in [0.2, 0.25) is 0 Å². The number of fused-ring (bicyclic) bond motifs is 1. The summed E-state index contributed by atoms with van der Waals surface area (Å²) in [4.78, 5) is 3.98. The lowest BCUT2D eigenvalue weighted by molar-refractivity contribution is 0.625. The third-order valence-corrected chi connectivity index (χ3v) is 2.73. The normalized spacial score (nSPS) is 12.8. The van der Waals surface area contributed by atoms with E-state index in [1.165, 1.54) is 12.1 Å². The second kappa shape index (κ2) is 4.44. The highest BCUT2D eigenvalue weighted by Gasteiger charge is 2.12. The first-order valence-electron chi connectivity index (χ1n) is 5.05. The number of hydrogen-bond donors (Lipinski definition) is 3. The van der Waals surface area contributed by atoms with Crippen LogP contribution < -0.4 is 17.0 Å². The fourth-order valence-corrected chi connectivity index (χ4v) is 1.99. The number of aromatic nitrogens is 1. The summed E-state index contributed by atoms with van der Waals surface area (Å²) in [6.07, 6.45) is 0. The van der Waals surface area contributed by atoms with E-state index >= 15 is 0 Å². The third kappa shape index (κ3) is 2.17. The van der Waals surface area contributed by atoms with E-state index in [0.717, 1.165) is 5.39 Å². The largest absolute Gasteiger partial charge is 0.324 e. The Kier molecular flexibility index (Phi) is 3.15. The molecule has 1 heterocycles. The van der Waals surface area contributed by atoms with Crippen molar-refractivity contribution in [1.82, 2.24) is 4.98 Å². The van der Waals surface area contributed by atoms with E-state index in [-0.39, 0.29) is 17.0 Å². The number of benzene rings is 1. The summed E-state index contributed by atoms with van der Waals surface area (Å²) in [7, 11) is 0. The van der Waals surface area contributed by atoms with Gasteiger partial charge in [0, 0.05) is 11.4 Å². The average Bonchev–Trinajstić information content (AvgIpc) is 2.27. The number of pyridine rings is 1. The molecule has 2 rings (SSSR count). The molecule has 5 N–H and O–H groups in total. The van der Waals surface area contributed by atoms with Gasteiger partial charge in [-0.15, -0.1) is 0 Å². The molecule has 0 fully saturated rings. The Hall–Kier alpha value is -1.43. The van der Waals surface area contributed by atoms with Crippen LogP contribution in [0.4, 0.5) is 10.2 Å². The standard InChI is InChI=1S/C11H12ClFN4/c1-5(14)7-2-6(13)3-9-8(7)4-10(12)16-11(9)17-15/h2-5H,14-15H2,1H3,(H,16,17)/t5-/m1/s1. The summed E-state index contributed by atoms with van der Waals surface area (Å²) in [5, 5.41) is 1.58. The van der Waals surface area contributed by atoms with Crippen LogP contribution in [0.3, 0.4) is 0 Å². The molecule has 0 saturated carbocycles. The summed E-state index contributed by atoms with van der Waals surface area (Å²) in [6, 6.07) is 4.08. The zero-order valence-electron chi connectivity index (χ0n) is 9.17. The predicted octanol–water partition coefficient (Wildman–Crippen LogP) is 2.33. The average molecular weight is 255 g/mol. The topological polar surface area (TPSA) is 77.0 Å². The molecule has 4 nitrogen and oxygen atoms in total. The van der Waals surface area contributed by atoms with Gasteiger partial charge in [0.25, 0.3) is 0 Å². The number of nitrogens with zero attached hydrogens (tertiary/aromatic N) is 1. The van der Waals surface area contributed by atoms with Gasteiger partial charge in [0.1, 0.15) is 16.8 Å². The van der Waals surface area contributed by atoms with Crippen molar-refractivity contribution in [2.45, 2.75) is 13.0 Å².